The van der Waals surface area contributed by atoms with Crippen molar-refractivity contribution in [3.63, 3.8) is 0 Å². The highest BCUT2D eigenvalue weighted by Crippen LogP contribution is 2.25. The van der Waals surface area contributed by atoms with Crippen LogP contribution in [0.2, 0.25) is 0 Å². The van der Waals surface area contributed by atoms with Gasteiger partial charge in [0, 0.05) is 19.1 Å². The van der Waals surface area contributed by atoms with E-state index in [1.54, 1.807) is 12.1 Å². The second-order valence-electron chi connectivity index (χ2n) is 5.01. The summed E-state index contributed by atoms with van der Waals surface area (Å²) < 4.78 is 12.7. The molecule has 0 unspecified atom stereocenters. The van der Waals surface area contributed by atoms with Crippen LogP contribution in [0.25, 0.3) is 0 Å². The molecule has 3 nitrogen and oxygen atoms in total. The van der Waals surface area contributed by atoms with Crippen LogP contribution < -0.4 is 5.32 Å². The van der Waals surface area contributed by atoms with Gasteiger partial charge < -0.3 is 5.32 Å². The zero-order chi connectivity index (χ0) is 13.7. The monoisotopic (exact) mass is 264 g/mol. The lowest BCUT2D eigenvalue weighted by Crippen LogP contribution is -2.36. The number of halogens is 1. The average molecular weight is 264 g/mol. The minimum atomic E-state index is -0.271. The van der Waals surface area contributed by atoms with Gasteiger partial charge in [-0.2, -0.15) is 0 Å². The molecule has 0 saturated heterocycles. The normalized spacial score (nSPS) is 14.7. The van der Waals surface area contributed by atoms with E-state index in [9.17, 15) is 9.18 Å². The molecule has 104 valence electrons. The van der Waals surface area contributed by atoms with Crippen molar-refractivity contribution < 1.29 is 9.18 Å². The van der Waals surface area contributed by atoms with Crippen molar-refractivity contribution in [3.8, 4) is 0 Å². The third-order valence-electron chi connectivity index (χ3n) is 3.47. The Hall–Kier alpha value is -1.42. The summed E-state index contributed by atoms with van der Waals surface area (Å²) in [6, 6.07) is 6.80. The molecule has 1 aliphatic rings. The number of carbonyl (C=O) groups excluding carboxylic acids is 1. The van der Waals surface area contributed by atoms with Crippen LogP contribution in [-0.2, 0) is 11.2 Å². The van der Waals surface area contributed by atoms with Crippen molar-refractivity contribution in [1.82, 2.24) is 10.2 Å². The molecule has 1 saturated carbocycles. The molecular formula is C15H21FN2O. The molecular weight excluding hydrogens is 243 g/mol. The molecule has 0 radical (unpaired) electrons. The molecule has 1 fully saturated rings. The van der Waals surface area contributed by atoms with Crippen LogP contribution in [0.15, 0.2) is 24.3 Å². The van der Waals surface area contributed by atoms with Gasteiger partial charge in [-0.25, -0.2) is 4.39 Å². The van der Waals surface area contributed by atoms with E-state index in [2.05, 4.69) is 17.1 Å². The van der Waals surface area contributed by atoms with Gasteiger partial charge in [0.2, 0.25) is 5.91 Å². The SMILES string of the molecule is CCN(CCNC(=O)Cc1ccc(F)cc1)C1CC1. The van der Waals surface area contributed by atoms with Crippen molar-refractivity contribution in [1.29, 1.82) is 0 Å². The van der Waals surface area contributed by atoms with Gasteiger partial charge in [-0.1, -0.05) is 19.1 Å². The molecule has 0 aromatic heterocycles. The largest absolute Gasteiger partial charge is 0.355 e. The summed E-state index contributed by atoms with van der Waals surface area (Å²) in [6.45, 7) is 4.79. The molecule has 19 heavy (non-hydrogen) atoms. The number of benzene rings is 1. The molecule has 2 rings (SSSR count). The first-order chi connectivity index (χ1) is 9.19. The maximum Gasteiger partial charge on any atom is 0.224 e. The first-order valence-electron chi connectivity index (χ1n) is 6.94. The Morgan fingerprint density at radius 3 is 2.63 bits per heavy atom. The van der Waals surface area contributed by atoms with Crippen LogP contribution in [0.1, 0.15) is 25.3 Å². The Balaban J connectivity index is 1.68. The van der Waals surface area contributed by atoms with Crippen molar-refractivity contribution in [2.45, 2.75) is 32.2 Å². The lowest BCUT2D eigenvalue weighted by molar-refractivity contribution is -0.120. The van der Waals surface area contributed by atoms with Gasteiger partial charge in [-0.3, -0.25) is 9.69 Å². The average Bonchev–Trinajstić information content (AvgIpc) is 3.22. The predicted molar refractivity (Wildman–Crippen MR) is 73.4 cm³/mol. The molecule has 4 heteroatoms. The van der Waals surface area contributed by atoms with E-state index in [1.807, 2.05) is 0 Å². The summed E-state index contributed by atoms with van der Waals surface area (Å²) in [5.74, 6) is -0.273. The third-order valence-corrected chi connectivity index (χ3v) is 3.47. The smallest absolute Gasteiger partial charge is 0.224 e. The number of hydrogen-bond acceptors (Lipinski definition) is 2. The first-order valence-corrected chi connectivity index (χ1v) is 6.94. The molecule has 1 aromatic rings. The highest BCUT2D eigenvalue weighted by molar-refractivity contribution is 5.78. The van der Waals surface area contributed by atoms with Gasteiger partial charge in [0.05, 0.1) is 6.42 Å². The van der Waals surface area contributed by atoms with Crippen LogP contribution in [0.3, 0.4) is 0 Å². The van der Waals surface area contributed by atoms with Crippen LogP contribution in [0, 0.1) is 5.82 Å². The highest BCUT2D eigenvalue weighted by Gasteiger charge is 2.27. The number of likely N-dealkylation sites (N-methyl/N-ethyl adjacent to an activating group) is 1. The van der Waals surface area contributed by atoms with Gasteiger partial charge in [-0.05, 0) is 37.1 Å². The summed E-state index contributed by atoms with van der Waals surface area (Å²) in [5, 5.41) is 2.92. The Morgan fingerprint density at radius 1 is 1.37 bits per heavy atom. The molecule has 1 amide bonds. The summed E-state index contributed by atoms with van der Waals surface area (Å²) >= 11 is 0. The Labute approximate surface area is 113 Å². The quantitative estimate of drug-likeness (QED) is 0.816. The summed E-state index contributed by atoms with van der Waals surface area (Å²) in [7, 11) is 0. The van der Waals surface area contributed by atoms with Crippen molar-refractivity contribution in [2.24, 2.45) is 0 Å². The standard InChI is InChI=1S/C15H21FN2O/c1-2-18(14-7-8-14)10-9-17-15(19)11-12-3-5-13(16)6-4-12/h3-6,14H,2,7-11H2,1H3,(H,17,19). The molecule has 0 aliphatic heterocycles. The fraction of sp³-hybridized carbons (Fsp3) is 0.533. The van der Waals surface area contributed by atoms with Gasteiger partial charge in [0.15, 0.2) is 0 Å². The van der Waals surface area contributed by atoms with Gasteiger partial charge in [0.25, 0.3) is 0 Å². The fourth-order valence-electron chi connectivity index (χ4n) is 2.23. The fourth-order valence-corrected chi connectivity index (χ4v) is 2.23. The number of hydrogen-bond donors (Lipinski definition) is 1. The molecule has 0 bridgehead atoms. The Morgan fingerprint density at radius 2 is 2.05 bits per heavy atom. The Bertz CT molecular complexity index is 415. The second-order valence-corrected chi connectivity index (χ2v) is 5.01. The molecule has 1 aromatic carbocycles. The van der Waals surface area contributed by atoms with Crippen LogP contribution in [0.4, 0.5) is 4.39 Å². The molecule has 0 spiro atoms. The lowest BCUT2D eigenvalue weighted by atomic mass is 10.1. The van der Waals surface area contributed by atoms with Crippen molar-refractivity contribution >= 4 is 5.91 Å². The Kier molecular flexibility index (Phi) is 4.91. The predicted octanol–water partition coefficient (Wildman–Crippen LogP) is 1.97. The van der Waals surface area contributed by atoms with E-state index in [0.29, 0.717) is 13.0 Å². The van der Waals surface area contributed by atoms with Gasteiger partial charge >= 0.3 is 0 Å². The van der Waals surface area contributed by atoms with Crippen molar-refractivity contribution in [3.05, 3.63) is 35.6 Å². The lowest BCUT2D eigenvalue weighted by Gasteiger charge is -2.19. The second kappa shape index (κ2) is 6.66. The van der Waals surface area contributed by atoms with Crippen LogP contribution in [0.5, 0.6) is 0 Å². The van der Waals surface area contributed by atoms with E-state index in [0.717, 1.165) is 24.7 Å². The summed E-state index contributed by atoms with van der Waals surface area (Å²) in [5.41, 5.74) is 0.841. The topological polar surface area (TPSA) is 32.3 Å². The van der Waals surface area contributed by atoms with Gasteiger partial charge in [0.1, 0.15) is 5.82 Å². The summed E-state index contributed by atoms with van der Waals surface area (Å²) in [6.07, 6.45) is 2.89. The minimum Gasteiger partial charge on any atom is -0.355 e. The van der Waals surface area contributed by atoms with E-state index in [-0.39, 0.29) is 11.7 Å². The molecule has 0 heterocycles. The highest BCUT2D eigenvalue weighted by atomic mass is 19.1. The molecule has 0 atom stereocenters. The first kappa shape index (κ1) is 14.0. The maximum absolute atomic E-state index is 12.7. The van der Waals surface area contributed by atoms with Crippen molar-refractivity contribution in [2.75, 3.05) is 19.6 Å². The number of amides is 1. The zero-order valence-electron chi connectivity index (χ0n) is 11.4. The van der Waals surface area contributed by atoms with Crippen LogP contribution in [-0.4, -0.2) is 36.5 Å². The number of nitrogens with zero attached hydrogens (tertiary/aromatic N) is 1. The van der Waals surface area contributed by atoms with E-state index in [4.69, 9.17) is 0 Å². The van der Waals surface area contributed by atoms with E-state index in [1.165, 1.54) is 25.0 Å². The van der Waals surface area contributed by atoms with E-state index >= 15 is 0 Å². The van der Waals surface area contributed by atoms with E-state index < -0.39 is 0 Å². The maximum atomic E-state index is 12.7. The molecule has 1 aliphatic carbocycles. The molecule has 1 N–H and O–H groups in total. The number of carbonyl (C=O) groups is 1. The summed E-state index contributed by atoms with van der Waals surface area (Å²) in [4.78, 5) is 14.1. The zero-order valence-corrected chi connectivity index (χ0v) is 11.4. The van der Waals surface area contributed by atoms with Gasteiger partial charge in [-0.15, -0.1) is 0 Å². The number of rotatable bonds is 7. The third kappa shape index (κ3) is 4.63. The minimum absolute atomic E-state index is 0.00143. The number of nitrogens with one attached hydrogen (secondary N) is 1. The van der Waals surface area contributed by atoms with Crippen LogP contribution >= 0.6 is 0 Å².